The summed E-state index contributed by atoms with van der Waals surface area (Å²) in [6.07, 6.45) is 2.63. The molecule has 0 unspecified atom stereocenters. The molecule has 0 aromatic carbocycles. The Morgan fingerprint density at radius 3 is 2.92 bits per heavy atom. The van der Waals surface area contributed by atoms with Gasteiger partial charge in [0.15, 0.2) is 0 Å². The Morgan fingerprint density at radius 1 is 1.75 bits per heavy atom. The van der Waals surface area contributed by atoms with Crippen LogP contribution in [-0.4, -0.2) is 31.5 Å². The van der Waals surface area contributed by atoms with E-state index in [2.05, 4.69) is 16.6 Å². The summed E-state index contributed by atoms with van der Waals surface area (Å²) in [5.74, 6) is 0. The van der Waals surface area contributed by atoms with Gasteiger partial charge in [0.2, 0.25) is 0 Å². The molecule has 1 amide bonds. The molecule has 0 saturated carbocycles. The predicted octanol–water partition coefficient (Wildman–Crippen LogP) is 0.447. The van der Waals surface area contributed by atoms with Crippen LogP contribution in [0.5, 0.6) is 0 Å². The molecule has 0 aliphatic heterocycles. The Balaban J connectivity index is 3.57. The summed E-state index contributed by atoms with van der Waals surface area (Å²) in [6.45, 7) is 3.69. The van der Waals surface area contributed by atoms with Crippen molar-refractivity contribution in [1.29, 1.82) is 0 Å². The summed E-state index contributed by atoms with van der Waals surface area (Å²) in [7, 11) is 1.48. The van der Waals surface area contributed by atoms with Crippen molar-refractivity contribution in [3.05, 3.63) is 24.3 Å². The van der Waals surface area contributed by atoms with Crippen LogP contribution in [0, 0.1) is 0 Å². The van der Waals surface area contributed by atoms with E-state index in [9.17, 15) is 4.79 Å². The molecule has 4 heteroatoms. The highest BCUT2D eigenvalue weighted by Crippen LogP contribution is 1.93. The van der Waals surface area contributed by atoms with Gasteiger partial charge in [0.1, 0.15) is 6.61 Å². The molecule has 0 bridgehead atoms. The lowest BCUT2D eigenvalue weighted by molar-refractivity contribution is 0.159. The maximum Gasteiger partial charge on any atom is 0.407 e. The summed E-state index contributed by atoms with van der Waals surface area (Å²) in [5.41, 5.74) is 0.632. The van der Waals surface area contributed by atoms with E-state index in [0.29, 0.717) is 5.57 Å². The fourth-order valence-electron chi connectivity index (χ4n) is 0.498. The van der Waals surface area contributed by atoms with Gasteiger partial charge in [0.05, 0.1) is 6.61 Å². The second kappa shape index (κ2) is 6.42. The molecule has 4 nitrogen and oxygen atoms in total. The van der Waals surface area contributed by atoms with Crippen LogP contribution in [0.25, 0.3) is 0 Å². The van der Waals surface area contributed by atoms with E-state index in [1.165, 1.54) is 13.1 Å². The third kappa shape index (κ3) is 5.49. The van der Waals surface area contributed by atoms with Crippen LogP contribution in [0.1, 0.15) is 0 Å². The molecule has 68 valence electrons. The van der Waals surface area contributed by atoms with Crippen molar-refractivity contribution in [2.45, 2.75) is 0 Å². The number of aliphatic hydroxyl groups is 1. The lowest BCUT2D eigenvalue weighted by Gasteiger charge is -2.02. The number of ether oxygens (including phenoxy) is 1. The van der Waals surface area contributed by atoms with Crippen LogP contribution >= 0.6 is 0 Å². The second-order valence-corrected chi connectivity index (χ2v) is 2.07. The lowest BCUT2D eigenvalue weighted by Crippen LogP contribution is -2.19. The fraction of sp³-hybridized carbons (Fsp3) is 0.375. The quantitative estimate of drug-likeness (QED) is 0.604. The number of carbonyl (C=O) groups is 1. The summed E-state index contributed by atoms with van der Waals surface area (Å²) >= 11 is 0. The molecule has 0 aromatic heterocycles. The molecule has 0 radical (unpaired) electrons. The number of hydrogen-bond acceptors (Lipinski definition) is 3. The Bertz CT molecular complexity index is 187. The SMILES string of the molecule is C=C(C=CCO)COC(=O)NC. The van der Waals surface area contributed by atoms with Crippen LogP contribution in [-0.2, 0) is 4.74 Å². The molecule has 0 aromatic rings. The minimum Gasteiger partial charge on any atom is -0.445 e. The first-order valence-electron chi connectivity index (χ1n) is 3.50. The highest BCUT2D eigenvalue weighted by Gasteiger charge is 1.96. The molecule has 0 spiro atoms. The first-order chi connectivity index (χ1) is 5.70. The largest absolute Gasteiger partial charge is 0.445 e. The van der Waals surface area contributed by atoms with Crippen molar-refractivity contribution in [2.75, 3.05) is 20.3 Å². The predicted molar refractivity (Wildman–Crippen MR) is 45.8 cm³/mol. The second-order valence-electron chi connectivity index (χ2n) is 2.07. The van der Waals surface area contributed by atoms with Crippen molar-refractivity contribution in [3.63, 3.8) is 0 Å². The number of nitrogens with one attached hydrogen (secondary N) is 1. The summed E-state index contributed by atoms with van der Waals surface area (Å²) in [6, 6.07) is 0. The lowest BCUT2D eigenvalue weighted by atomic mass is 10.3. The van der Waals surface area contributed by atoms with Crippen LogP contribution in [0.15, 0.2) is 24.3 Å². The van der Waals surface area contributed by atoms with Crippen molar-refractivity contribution in [3.8, 4) is 0 Å². The van der Waals surface area contributed by atoms with Crippen LogP contribution in [0.2, 0.25) is 0 Å². The monoisotopic (exact) mass is 171 g/mol. The molecule has 2 N–H and O–H groups in total. The summed E-state index contributed by atoms with van der Waals surface area (Å²) in [4.78, 5) is 10.5. The molecule has 0 rings (SSSR count). The fourth-order valence-corrected chi connectivity index (χ4v) is 0.498. The first kappa shape index (κ1) is 10.7. The zero-order valence-electron chi connectivity index (χ0n) is 7.04. The van der Waals surface area contributed by atoms with E-state index in [-0.39, 0.29) is 13.2 Å². The molecule has 0 aliphatic carbocycles. The Kier molecular flexibility index (Phi) is 5.73. The van der Waals surface area contributed by atoms with Gasteiger partial charge in [-0.05, 0) is 5.57 Å². The van der Waals surface area contributed by atoms with E-state index < -0.39 is 6.09 Å². The molecule has 0 heterocycles. The first-order valence-corrected chi connectivity index (χ1v) is 3.50. The Morgan fingerprint density at radius 2 is 2.42 bits per heavy atom. The summed E-state index contributed by atoms with van der Waals surface area (Å²) < 4.78 is 4.67. The van der Waals surface area contributed by atoms with Gasteiger partial charge in [-0.1, -0.05) is 18.7 Å². The molecule has 12 heavy (non-hydrogen) atoms. The zero-order valence-corrected chi connectivity index (χ0v) is 7.04. The minimum atomic E-state index is -0.492. The smallest absolute Gasteiger partial charge is 0.407 e. The number of rotatable bonds is 4. The van der Waals surface area contributed by atoms with Gasteiger partial charge in [-0.3, -0.25) is 0 Å². The number of carbonyl (C=O) groups excluding carboxylic acids is 1. The number of alkyl carbamates (subject to hydrolysis) is 1. The minimum absolute atomic E-state index is 0.0427. The third-order valence-electron chi connectivity index (χ3n) is 1.05. The molecule has 0 atom stereocenters. The van der Waals surface area contributed by atoms with Crippen LogP contribution in [0.4, 0.5) is 4.79 Å². The number of amides is 1. The van der Waals surface area contributed by atoms with Crippen LogP contribution in [0.3, 0.4) is 0 Å². The van der Waals surface area contributed by atoms with Gasteiger partial charge in [0, 0.05) is 7.05 Å². The van der Waals surface area contributed by atoms with E-state index >= 15 is 0 Å². The maximum absolute atomic E-state index is 10.5. The average Bonchev–Trinajstić information content (AvgIpc) is 2.10. The molecule has 0 aliphatic rings. The van der Waals surface area contributed by atoms with Crippen molar-refractivity contribution >= 4 is 6.09 Å². The zero-order chi connectivity index (χ0) is 9.40. The average molecular weight is 171 g/mol. The summed E-state index contributed by atoms with van der Waals surface area (Å²) in [5, 5.41) is 10.7. The van der Waals surface area contributed by atoms with Crippen molar-refractivity contribution in [1.82, 2.24) is 5.32 Å². The number of hydrogen-bond donors (Lipinski definition) is 2. The molecule has 0 saturated heterocycles. The topological polar surface area (TPSA) is 58.6 Å². The highest BCUT2D eigenvalue weighted by molar-refractivity contribution is 5.66. The third-order valence-corrected chi connectivity index (χ3v) is 1.05. The van der Waals surface area contributed by atoms with Crippen molar-refractivity contribution < 1.29 is 14.6 Å². The number of aliphatic hydroxyl groups excluding tert-OH is 1. The van der Waals surface area contributed by atoms with Gasteiger partial charge in [0.25, 0.3) is 0 Å². The molecule has 0 fully saturated rings. The Hall–Kier alpha value is -1.29. The van der Waals surface area contributed by atoms with E-state index in [4.69, 9.17) is 5.11 Å². The molecular weight excluding hydrogens is 158 g/mol. The van der Waals surface area contributed by atoms with E-state index in [1.54, 1.807) is 6.08 Å². The van der Waals surface area contributed by atoms with Gasteiger partial charge >= 0.3 is 6.09 Å². The normalized spacial score (nSPS) is 9.83. The van der Waals surface area contributed by atoms with E-state index in [1.807, 2.05) is 0 Å². The van der Waals surface area contributed by atoms with Gasteiger partial charge in [-0.25, -0.2) is 4.79 Å². The van der Waals surface area contributed by atoms with Crippen molar-refractivity contribution in [2.24, 2.45) is 0 Å². The molecular formula is C8H13NO3. The standard InChI is InChI=1S/C8H13NO3/c1-7(4-3-5-10)6-12-8(11)9-2/h3-4,10H,1,5-6H2,2H3,(H,9,11). The maximum atomic E-state index is 10.5. The van der Waals surface area contributed by atoms with Gasteiger partial charge in [-0.2, -0.15) is 0 Å². The van der Waals surface area contributed by atoms with Gasteiger partial charge in [-0.15, -0.1) is 0 Å². The van der Waals surface area contributed by atoms with Crippen LogP contribution < -0.4 is 5.32 Å². The van der Waals surface area contributed by atoms with Gasteiger partial charge < -0.3 is 15.2 Å². The van der Waals surface area contributed by atoms with E-state index in [0.717, 1.165) is 0 Å². The highest BCUT2D eigenvalue weighted by atomic mass is 16.5. The Labute approximate surface area is 71.5 Å².